The molecule has 4 aromatic rings. The molecule has 0 saturated heterocycles. The van der Waals surface area contributed by atoms with Gasteiger partial charge in [0.2, 0.25) is 5.01 Å². The van der Waals surface area contributed by atoms with Gasteiger partial charge >= 0.3 is 0 Å². The van der Waals surface area contributed by atoms with Crippen LogP contribution in [-0.4, -0.2) is 32.8 Å². The van der Waals surface area contributed by atoms with E-state index in [1.165, 1.54) is 11.3 Å². The number of methoxy groups -OCH3 is 1. The quantitative estimate of drug-likeness (QED) is 0.328. The standard InChI is InChI=1S/C23H25N5O2S2/c1-15(2)12-13-28-19-7-5-4-6-18(19)25-23(28)31-14-20-26-27-22(32-20)21(29)24-16-8-10-17(30-3)11-9-16/h4-11,15H,12-14H2,1-3H3,(H,24,29). The molecule has 0 radical (unpaired) electrons. The topological polar surface area (TPSA) is 81.9 Å². The fourth-order valence-electron chi connectivity index (χ4n) is 3.16. The molecule has 1 amide bonds. The molecular weight excluding hydrogens is 442 g/mol. The van der Waals surface area contributed by atoms with Crippen molar-refractivity contribution in [2.45, 2.75) is 37.7 Å². The molecule has 0 bridgehead atoms. The van der Waals surface area contributed by atoms with Crippen molar-refractivity contribution in [1.82, 2.24) is 19.7 Å². The number of nitrogens with zero attached hydrogens (tertiary/aromatic N) is 4. The first-order chi connectivity index (χ1) is 15.5. The molecule has 7 nitrogen and oxygen atoms in total. The van der Waals surface area contributed by atoms with Crippen LogP contribution in [0.2, 0.25) is 0 Å². The molecule has 0 atom stereocenters. The van der Waals surface area contributed by atoms with Crippen LogP contribution in [0.15, 0.2) is 53.7 Å². The summed E-state index contributed by atoms with van der Waals surface area (Å²) in [5.41, 5.74) is 2.82. The van der Waals surface area contributed by atoms with Gasteiger partial charge in [-0.3, -0.25) is 4.79 Å². The number of amides is 1. The Hall–Kier alpha value is -2.91. The van der Waals surface area contributed by atoms with E-state index < -0.39 is 0 Å². The van der Waals surface area contributed by atoms with Gasteiger partial charge in [0.1, 0.15) is 10.8 Å². The Kier molecular flexibility index (Phi) is 7.06. The van der Waals surface area contributed by atoms with Crippen LogP contribution in [0.1, 0.15) is 35.1 Å². The van der Waals surface area contributed by atoms with Crippen LogP contribution < -0.4 is 10.1 Å². The van der Waals surface area contributed by atoms with Crippen LogP contribution in [0.3, 0.4) is 0 Å². The number of hydrogen-bond donors (Lipinski definition) is 1. The molecule has 0 saturated carbocycles. The average Bonchev–Trinajstić information content (AvgIpc) is 3.41. The zero-order chi connectivity index (χ0) is 22.5. The van der Waals surface area contributed by atoms with Crippen molar-refractivity contribution in [3.63, 3.8) is 0 Å². The number of hydrogen-bond acceptors (Lipinski definition) is 7. The van der Waals surface area contributed by atoms with Gasteiger partial charge < -0.3 is 14.6 Å². The summed E-state index contributed by atoms with van der Waals surface area (Å²) in [6, 6.07) is 15.4. The van der Waals surface area contributed by atoms with Gasteiger partial charge in [-0.1, -0.05) is 49.1 Å². The van der Waals surface area contributed by atoms with E-state index in [-0.39, 0.29) is 5.91 Å². The van der Waals surface area contributed by atoms with Gasteiger partial charge in [-0.15, -0.1) is 10.2 Å². The Labute approximate surface area is 195 Å². The molecule has 2 aromatic heterocycles. The predicted octanol–water partition coefficient (Wildman–Crippen LogP) is 5.49. The van der Waals surface area contributed by atoms with Crippen LogP contribution >= 0.6 is 23.1 Å². The van der Waals surface area contributed by atoms with Crippen LogP contribution in [0.5, 0.6) is 5.75 Å². The zero-order valence-corrected chi connectivity index (χ0v) is 19.9. The largest absolute Gasteiger partial charge is 0.497 e. The molecule has 0 aliphatic heterocycles. The summed E-state index contributed by atoms with van der Waals surface area (Å²) in [6.07, 6.45) is 1.09. The Balaban J connectivity index is 1.43. The molecule has 0 aliphatic rings. The van der Waals surface area contributed by atoms with Crippen molar-refractivity contribution < 1.29 is 9.53 Å². The van der Waals surface area contributed by atoms with E-state index in [0.717, 1.165) is 39.9 Å². The third-order valence-corrected chi connectivity index (χ3v) is 6.98. The van der Waals surface area contributed by atoms with Gasteiger partial charge in [0.15, 0.2) is 5.16 Å². The summed E-state index contributed by atoms with van der Waals surface area (Å²) in [6.45, 7) is 5.38. The smallest absolute Gasteiger partial charge is 0.286 e. The lowest BCUT2D eigenvalue weighted by atomic mass is 10.1. The first kappa shape index (κ1) is 22.3. The number of nitrogens with one attached hydrogen (secondary N) is 1. The highest BCUT2D eigenvalue weighted by Gasteiger charge is 2.16. The lowest BCUT2D eigenvalue weighted by Gasteiger charge is -2.10. The van der Waals surface area contributed by atoms with Crippen molar-refractivity contribution in [1.29, 1.82) is 0 Å². The van der Waals surface area contributed by atoms with Crippen molar-refractivity contribution in [3.8, 4) is 5.75 Å². The summed E-state index contributed by atoms with van der Waals surface area (Å²) >= 11 is 2.93. The third-order valence-electron chi connectivity index (χ3n) is 4.88. The Bertz CT molecular complexity index is 1200. The van der Waals surface area contributed by atoms with E-state index in [1.807, 2.05) is 18.2 Å². The first-order valence-corrected chi connectivity index (χ1v) is 12.2. The van der Waals surface area contributed by atoms with E-state index in [2.05, 4.69) is 40.0 Å². The highest BCUT2D eigenvalue weighted by Crippen LogP contribution is 2.28. The Morgan fingerprint density at radius 1 is 1.16 bits per heavy atom. The van der Waals surface area contributed by atoms with Gasteiger partial charge in [0.05, 0.1) is 23.9 Å². The van der Waals surface area contributed by atoms with E-state index in [0.29, 0.717) is 22.4 Å². The molecule has 0 spiro atoms. The van der Waals surface area contributed by atoms with E-state index in [1.54, 1.807) is 43.1 Å². The SMILES string of the molecule is COc1ccc(NC(=O)c2nnc(CSc3nc4ccccc4n3CCC(C)C)s2)cc1. The van der Waals surface area contributed by atoms with Gasteiger partial charge in [-0.25, -0.2) is 4.98 Å². The monoisotopic (exact) mass is 467 g/mol. The summed E-state index contributed by atoms with van der Waals surface area (Å²) < 4.78 is 7.41. The molecule has 0 fully saturated rings. The number of thioether (sulfide) groups is 1. The molecule has 2 heterocycles. The maximum absolute atomic E-state index is 12.5. The van der Waals surface area contributed by atoms with Crippen LogP contribution in [0.4, 0.5) is 5.69 Å². The number of carbonyl (C=O) groups is 1. The Morgan fingerprint density at radius 3 is 2.69 bits per heavy atom. The third kappa shape index (κ3) is 5.28. The Morgan fingerprint density at radius 2 is 1.94 bits per heavy atom. The second-order valence-corrected chi connectivity index (χ2v) is 9.69. The number of anilines is 1. The number of aryl methyl sites for hydroxylation is 1. The minimum absolute atomic E-state index is 0.270. The van der Waals surface area contributed by atoms with Crippen molar-refractivity contribution in [2.24, 2.45) is 5.92 Å². The van der Waals surface area contributed by atoms with Gasteiger partial charge in [0.25, 0.3) is 5.91 Å². The fourth-order valence-corrected chi connectivity index (χ4v) is 4.92. The molecule has 166 valence electrons. The van der Waals surface area contributed by atoms with Crippen LogP contribution in [0, 0.1) is 5.92 Å². The number of rotatable bonds is 9. The number of imidazole rings is 1. The molecule has 9 heteroatoms. The second-order valence-electron chi connectivity index (χ2n) is 7.69. The van der Waals surface area contributed by atoms with Crippen LogP contribution in [0.25, 0.3) is 11.0 Å². The highest BCUT2D eigenvalue weighted by atomic mass is 32.2. The zero-order valence-electron chi connectivity index (χ0n) is 18.2. The number of benzene rings is 2. The minimum Gasteiger partial charge on any atom is -0.497 e. The molecule has 1 N–H and O–H groups in total. The summed E-state index contributed by atoms with van der Waals surface area (Å²) in [7, 11) is 1.60. The van der Waals surface area contributed by atoms with Crippen molar-refractivity contribution >= 4 is 45.7 Å². The number of para-hydroxylation sites is 2. The average molecular weight is 468 g/mol. The van der Waals surface area contributed by atoms with Crippen molar-refractivity contribution in [3.05, 3.63) is 58.5 Å². The lowest BCUT2D eigenvalue weighted by Crippen LogP contribution is -2.11. The fraction of sp³-hybridized carbons (Fsp3) is 0.304. The van der Waals surface area contributed by atoms with Crippen molar-refractivity contribution in [2.75, 3.05) is 12.4 Å². The summed E-state index contributed by atoms with van der Waals surface area (Å²) in [5.74, 6) is 1.69. The summed E-state index contributed by atoms with van der Waals surface area (Å²) in [4.78, 5) is 17.3. The summed E-state index contributed by atoms with van der Waals surface area (Å²) in [5, 5.41) is 13.2. The molecule has 4 rings (SSSR count). The second kappa shape index (κ2) is 10.1. The maximum Gasteiger partial charge on any atom is 0.286 e. The molecule has 0 aliphatic carbocycles. The lowest BCUT2D eigenvalue weighted by molar-refractivity contribution is 0.102. The number of fused-ring (bicyclic) bond motifs is 1. The molecular formula is C23H25N5O2S2. The first-order valence-electron chi connectivity index (χ1n) is 10.4. The predicted molar refractivity (Wildman–Crippen MR) is 130 cm³/mol. The van der Waals surface area contributed by atoms with Gasteiger partial charge in [-0.05, 0) is 48.7 Å². The molecule has 32 heavy (non-hydrogen) atoms. The van der Waals surface area contributed by atoms with Gasteiger partial charge in [-0.2, -0.15) is 0 Å². The van der Waals surface area contributed by atoms with Gasteiger partial charge in [0, 0.05) is 12.2 Å². The van der Waals surface area contributed by atoms with E-state index >= 15 is 0 Å². The number of carbonyl (C=O) groups excluding carboxylic acids is 1. The van der Waals surface area contributed by atoms with E-state index in [9.17, 15) is 4.79 Å². The number of ether oxygens (including phenoxy) is 1. The molecule has 2 aromatic carbocycles. The molecule has 0 unspecified atom stereocenters. The maximum atomic E-state index is 12.5. The minimum atomic E-state index is -0.270. The number of aromatic nitrogens is 4. The van der Waals surface area contributed by atoms with E-state index in [4.69, 9.17) is 9.72 Å². The van der Waals surface area contributed by atoms with Crippen LogP contribution in [-0.2, 0) is 12.3 Å². The normalized spacial score (nSPS) is 11.2. The highest BCUT2D eigenvalue weighted by molar-refractivity contribution is 7.98.